The Morgan fingerprint density at radius 2 is 1.79 bits per heavy atom. The number of phenolic OH excluding ortho intramolecular Hbond substituents is 1. The fourth-order valence-electron chi connectivity index (χ4n) is 6.25. The van der Waals surface area contributed by atoms with Gasteiger partial charge < -0.3 is 41.1 Å². The number of carbonyl (C=O) groups excluding carboxylic acids is 4. The van der Waals surface area contributed by atoms with Gasteiger partial charge in [0.25, 0.3) is 5.91 Å². The minimum atomic E-state index is -2.75. The maximum absolute atomic E-state index is 14.0. The molecule has 1 fully saturated rings. The Hall–Kier alpha value is -3.23. The highest BCUT2D eigenvalue weighted by Crippen LogP contribution is 2.54. The summed E-state index contributed by atoms with van der Waals surface area (Å²) in [4.78, 5) is 54.7. The van der Waals surface area contributed by atoms with Gasteiger partial charge in [-0.15, -0.1) is 0 Å². The number of likely N-dealkylation sites (N-methyl/N-ethyl adjacent to an activating group) is 1. The van der Waals surface area contributed by atoms with E-state index in [1.165, 1.54) is 19.0 Å². The van der Waals surface area contributed by atoms with Gasteiger partial charge in [0.1, 0.15) is 29.4 Å². The molecule has 43 heavy (non-hydrogen) atoms. The molecule has 1 aromatic rings. The molecule has 2 amide bonds. The second-order valence-electron chi connectivity index (χ2n) is 11.2. The van der Waals surface area contributed by atoms with Gasteiger partial charge in [-0.2, -0.15) is 0 Å². The number of rotatable bonds is 6. The minimum absolute atomic E-state index is 0.0439. The molecule has 0 heterocycles. The molecule has 1 aromatic carbocycles. The zero-order valence-corrected chi connectivity index (χ0v) is 25.8. The second-order valence-corrected chi connectivity index (χ2v) is 13.7. The number of anilines is 1. The number of amides is 2. The number of halogens is 3. The fourth-order valence-corrected chi connectivity index (χ4v) is 6.41. The van der Waals surface area contributed by atoms with Crippen LogP contribution in [0.15, 0.2) is 23.0 Å². The van der Waals surface area contributed by atoms with Crippen molar-refractivity contribution in [3.05, 3.63) is 39.7 Å². The van der Waals surface area contributed by atoms with E-state index in [4.69, 9.17) is 45.3 Å². The number of benzene rings is 1. The molecule has 234 valence electrons. The summed E-state index contributed by atoms with van der Waals surface area (Å²) in [5, 5.41) is 47.9. The summed E-state index contributed by atoms with van der Waals surface area (Å²) in [5.74, 6) is -7.49. The highest BCUT2D eigenvalue weighted by molar-refractivity contribution is 6.67. The Balaban J connectivity index is 1.84. The van der Waals surface area contributed by atoms with E-state index in [0.717, 1.165) is 0 Å². The lowest BCUT2D eigenvalue weighted by Crippen LogP contribution is -2.65. The highest BCUT2D eigenvalue weighted by atomic mass is 35.6. The van der Waals surface area contributed by atoms with Crippen LogP contribution >= 0.6 is 34.8 Å². The number of nitrogens with zero attached hydrogens (tertiary/aromatic N) is 2. The van der Waals surface area contributed by atoms with Gasteiger partial charge in [0.2, 0.25) is 9.58 Å². The zero-order chi connectivity index (χ0) is 32.3. The molecule has 1 saturated carbocycles. The Morgan fingerprint density at radius 1 is 1.16 bits per heavy atom. The molecule has 16 heteroatoms. The lowest BCUT2D eigenvalue weighted by Gasteiger charge is -2.50. The summed E-state index contributed by atoms with van der Waals surface area (Å²) in [6, 6.07) is 0.400. The first kappa shape index (κ1) is 32.7. The number of nitrogens with two attached hydrogens (primary N) is 1. The van der Waals surface area contributed by atoms with E-state index in [9.17, 15) is 39.6 Å². The lowest BCUT2D eigenvalue weighted by atomic mass is 9.57. The van der Waals surface area contributed by atoms with Gasteiger partial charge in [-0.05, 0) is 44.5 Å². The Bertz CT molecular complexity index is 1480. The third-order valence-electron chi connectivity index (χ3n) is 8.05. The average Bonchev–Trinajstić information content (AvgIpc) is 2.88. The number of phenols is 1. The van der Waals surface area contributed by atoms with Crippen molar-refractivity contribution in [2.24, 2.45) is 17.6 Å². The molecule has 3 aliphatic rings. The van der Waals surface area contributed by atoms with Crippen LogP contribution in [-0.2, 0) is 32.1 Å². The topological polar surface area (TPSA) is 203 Å². The molecule has 0 bridgehead atoms. The normalized spacial score (nSPS) is 25.3. The SMILES string of the molecule is CN(C)c1cc(CNC(=O)OCC(Cl)(Cl)Cl)c(O)c2c1CC1CC3C(N(C)C)C(=O)C(C(N)=O)=C(O)C3(O)C(=O)C1=C2O. The first-order valence-electron chi connectivity index (χ1n) is 13.0. The molecule has 3 aliphatic carbocycles. The van der Waals surface area contributed by atoms with Gasteiger partial charge in [0.15, 0.2) is 11.4 Å². The Morgan fingerprint density at radius 3 is 2.33 bits per heavy atom. The Labute approximate surface area is 261 Å². The number of hydrogen-bond donors (Lipinski definition) is 6. The number of nitrogens with one attached hydrogen (secondary N) is 1. The van der Waals surface area contributed by atoms with Crippen LogP contribution < -0.4 is 16.0 Å². The zero-order valence-electron chi connectivity index (χ0n) is 23.6. The van der Waals surface area contributed by atoms with Crippen LogP contribution in [0.3, 0.4) is 0 Å². The predicted molar refractivity (Wildman–Crippen MR) is 157 cm³/mol. The number of aromatic hydroxyl groups is 1. The molecule has 4 unspecified atom stereocenters. The van der Waals surface area contributed by atoms with Crippen LogP contribution in [0.25, 0.3) is 5.76 Å². The first-order chi connectivity index (χ1) is 19.8. The van der Waals surface area contributed by atoms with E-state index in [2.05, 4.69) is 5.32 Å². The summed E-state index contributed by atoms with van der Waals surface area (Å²) < 4.78 is 3.00. The molecule has 0 aromatic heterocycles. The summed E-state index contributed by atoms with van der Waals surface area (Å²) in [5.41, 5.74) is 2.44. The molecule has 0 spiro atoms. The van der Waals surface area contributed by atoms with Gasteiger partial charge in [0.05, 0.1) is 11.6 Å². The number of aliphatic hydroxyl groups excluding tert-OH is 2. The van der Waals surface area contributed by atoms with Crippen molar-refractivity contribution in [2.45, 2.75) is 34.8 Å². The monoisotopic (exact) mass is 660 g/mol. The van der Waals surface area contributed by atoms with Crippen molar-refractivity contribution in [1.29, 1.82) is 0 Å². The van der Waals surface area contributed by atoms with E-state index in [0.29, 0.717) is 11.3 Å². The minimum Gasteiger partial charge on any atom is -0.508 e. The average molecular weight is 662 g/mol. The smallest absolute Gasteiger partial charge is 0.407 e. The van der Waals surface area contributed by atoms with E-state index < -0.39 is 80.3 Å². The van der Waals surface area contributed by atoms with E-state index in [1.807, 2.05) is 0 Å². The number of alkyl halides is 3. The summed E-state index contributed by atoms with van der Waals surface area (Å²) in [6.07, 6.45) is -0.894. The number of Topliss-reactive ketones (excluding diaryl/α,β-unsaturated/α-hetero) is 2. The molecule has 0 radical (unpaired) electrons. The third-order valence-corrected chi connectivity index (χ3v) is 8.38. The van der Waals surface area contributed by atoms with E-state index in [1.54, 1.807) is 25.1 Å². The molecule has 13 nitrogen and oxygen atoms in total. The number of fused-ring (bicyclic) bond motifs is 3. The van der Waals surface area contributed by atoms with Crippen LogP contribution in [0.1, 0.15) is 23.1 Å². The largest absolute Gasteiger partial charge is 0.508 e. The lowest BCUT2D eigenvalue weighted by molar-refractivity contribution is -0.153. The third kappa shape index (κ3) is 5.48. The number of ketones is 2. The molecule has 0 saturated heterocycles. The van der Waals surface area contributed by atoms with Crippen molar-refractivity contribution in [2.75, 3.05) is 39.7 Å². The maximum atomic E-state index is 14.0. The number of aliphatic hydroxyl groups is 3. The predicted octanol–water partition coefficient (Wildman–Crippen LogP) is 1.63. The Kier molecular flexibility index (Phi) is 8.63. The van der Waals surface area contributed by atoms with E-state index in [-0.39, 0.29) is 36.1 Å². The number of primary amides is 1. The van der Waals surface area contributed by atoms with Crippen molar-refractivity contribution in [1.82, 2.24) is 10.2 Å². The van der Waals surface area contributed by atoms with Gasteiger partial charge >= 0.3 is 6.09 Å². The standard InChI is InChI=1S/C27H31Cl3N4O9/c1-33(2)14-7-11(8-32-25(41)43-9-26(28,29)30)19(35)16-12(14)5-10-6-13-18(34(3)4)21(37)17(24(31)40)23(39)27(13,42)22(38)15(10)20(16)36/h7,10,13,18,35-36,39,42H,5-6,8-9H2,1-4H3,(H2,31,40)(H,32,41). The molecule has 4 atom stereocenters. The maximum Gasteiger partial charge on any atom is 0.407 e. The fraction of sp³-hybridized carbons (Fsp3) is 0.481. The van der Waals surface area contributed by atoms with Crippen LogP contribution in [0.4, 0.5) is 10.5 Å². The van der Waals surface area contributed by atoms with Gasteiger partial charge in [-0.1, -0.05) is 34.8 Å². The van der Waals surface area contributed by atoms with Crippen molar-refractivity contribution in [3.8, 4) is 5.75 Å². The van der Waals surface area contributed by atoms with Gasteiger partial charge in [-0.25, -0.2) is 4.79 Å². The summed E-state index contributed by atoms with van der Waals surface area (Å²) in [6.45, 7) is -0.829. The van der Waals surface area contributed by atoms with Crippen LogP contribution in [0.5, 0.6) is 5.75 Å². The van der Waals surface area contributed by atoms with Gasteiger partial charge in [-0.3, -0.25) is 19.3 Å². The molecule has 0 aliphatic heterocycles. The van der Waals surface area contributed by atoms with Crippen LogP contribution in [0, 0.1) is 11.8 Å². The number of hydrogen-bond acceptors (Lipinski definition) is 11. The van der Waals surface area contributed by atoms with Gasteiger partial charge in [0, 0.05) is 43.4 Å². The van der Waals surface area contributed by atoms with Crippen molar-refractivity contribution < 1.29 is 44.3 Å². The van der Waals surface area contributed by atoms with Crippen molar-refractivity contribution >= 4 is 69.8 Å². The summed E-state index contributed by atoms with van der Waals surface area (Å²) in [7, 11) is 6.49. The quantitative estimate of drug-likeness (QED) is 0.191. The number of alkyl carbamates (subject to hydrolysis) is 1. The first-order valence-corrected chi connectivity index (χ1v) is 14.1. The molecular weight excluding hydrogens is 631 g/mol. The van der Waals surface area contributed by atoms with Crippen molar-refractivity contribution in [3.63, 3.8) is 0 Å². The highest BCUT2D eigenvalue weighted by Gasteiger charge is 2.64. The number of ether oxygens (including phenoxy) is 1. The molecule has 4 rings (SSSR count). The van der Waals surface area contributed by atoms with E-state index >= 15 is 0 Å². The summed E-state index contributed by atoms with van der Waals surface area (Å²) >= 11 is 16.8. The molecular formula is C27H31Cl3N4O9. The second kappa shape index (κ2) is 11.4. The van der Waals surface area contributed by atoms with Crippen LogP contribution in [-0.4, -0.2) is 99.1 Å². The number of carbonyl (C=O) groups is 4. The van der Waals surface area contributed by atoms with Crippen LogP contribution in [0.2, 0.25) is 0 Å². The molecule has 7 N–H and O–H groups in total.